The topological polar surface area (TPSA) is 15.3 Å². The molecule has 1 aromatic rings. The average Bonchev–Trinajstić information content (AvgIpc) is 3.28. The molecule has 0 bridgehead atoms. The van der Waals surface area contributed by atoms with Crippen LogP contribution in [0.15, 0.2) is 22.7 Å². The number of benzene rings is 1. The number of nitrogens with zero attached hydrogens (tertiary/aromatic N) is 1. The van der Waals surface area contributed by atoms with E-state index in [2.05, 4.69) is 58.3 Å². The van der Waals surface area contributed by atoms with E-state index in [-0.39, 0.29) is 0 Å². The normalized spacial score (nSPS) is 25.4. The molecule has 0 saturated heterocycles. The molecule has 2 fully saturated rings. The van der Waals surface area contributed by atoms with Crippen LogP contribution in [0.1, 0.15) is 31.7 Å². The van der Waals surface area contributed by atoms with E-state index in [4.69, 9.17) is 0 Å². The van der Waals surface area contributed by atoms with Crippen molar-refractivity contribution in [2.45, 2.75) is 38.8 Å². The molecule has 2 saturated carbocycles. The number of hydrogen-bond acceptors (Lipinski definition) is 2. The van der Waals surface area contributed by atoms with Gasteiger partial charge >= 0.3 is 0 Å². The van der Waals surface area contributed by atoms with Crippen LogP contribution >= 0.6 is 15.9 Å². The highest BCUT2D eigenvalue weighted by Crippen LogP contribution is 2.39. The summed E-state index contributed by atoms with van der Waals surface area (Å²) >= 11 is 3.60. The lowest BCUT2D eigenvalue weighted by molar-refractivity contribution is 0.679. The van der Waals surface area contributed by atoms with E-state index in [1.54, 1.807) is 0 Å². The van der Waals surface area contributed by atoms with Gasteiger partial charge in [-0.15, -0.1) is 0 Å². The first-order valence-electron chi connectivity index (χ1n) is 7.36. The smallest absolute Gasteiger partial charge is 0.0420 e. The Morgan fingerprint density at radius 2 is 2.11 bits per heavy atom. The molecule has 104 valence electrons. The molecule has 2 aliphatic rings. The highest BCUT2D eigenvalue weighted by molar-refractivity contribution is 9.10. The molecule has 0 radical (unpaired) electrons. The number of hydrogen-bond donors (Lipinski definition) is 1. The first-order valence-corrected chi connectivity index (χ1v) is 8.15. The highest BCUT2D eigenvalue weighted by Gasteiger charge is 2.33. The van der Waals surface area contributed by atoms with Gasteiger partial charge < -0.3 is 10.2 Å². The fraction of sp³-hybridized carbons (Fsp3) is 0.625. The summed E-state index contributed by atoms with van der Waals surface area (Å²) in [6, 6.07) is 7.44. The van der Waals surface area contributed by atoms with Gasteiger partial charge in [-0.25, -0.2) is 0 Å². The predicted molar refractivity (Wildman–Crippen MR) is 84.5 cm³/mol. The van der Waals surface area contributed by atoms with Crippen LogP contribution in [0.2, 0.25) is 0 Å². The summed E-state index contributed by atoms with van der Waals surface area (Å²) in [6.07, 6.45) is 4.09. The zero-order chi connectivity index (χ0) is 13.4. The second kappa shape index (κ2) is 5.45. The SMILES string of the molecule is CC1CC1CN(C)c1cc(Br)ccc1CNC1CC1. The van der Waals surface area contributed by atoms with Crippen LogP contribution in [0.4, 0.5) is 5.69 Å². The third-order valence-corrected chi connectivity index (χ3v) is 4.89. The van der Waals surface area contributed by atoms with E-state index in [1.807, 2.05) is 0 Å². The minimum Gasteiger partial charge on any atom is -0.374 e. The Morgan fingerprint density at radius 1 is 1.37 bits per heavy atom. The first-order chi connectivity index (χ1) is 9.13. The van der Waals surface area contributed by atoms with Crippen LogP contribution in [0.25, 0.3) is 0 Å². The van der Waals surface area contributed by atoms with Crippen molar-refractivity contribution >= 4 is 21.6 Å². The number of rotatable bonds is 6. The number of nitrogens with one attached hydrogen (secondary N) is 1. The molecule has 19 heavy (non-hydrogen) atoms. The summed E-state index contributed by atoms with van der Waals surface area (Å²) in [5.74, 6) is 1.82. The minimum absolute atomic E-state index is 0.769. The second-order valence-corrected chi connectivity index (χ2v) is 7.20. The third kappa shape index (κ3) is 3.51. The number of anilines is 1. The summed E-state index contributed by atoms with van der Waals surface area (Å²) < 4.78 is 1.17. The molecule has 2 unspecified atom stereocenters. The lowest BCUT2D eigenvalue weighted by atomic mass is 10.1. The van der Waals surface area contributed by atoms with Crippen LogP contribution < -0.4 is 10.2 Å². The van der Waals surface area contributed by atoms with Crippen LogP contribution in [0.3, 0.4) is 0 Å². The average molecular weight is 323 g/mol. The molecule has 1 N–H and O–H groups in total. The summed E-state index contributed by atoms with van der Waals surface area (Å²) in [4.78, 5) is 2.43. The highest BCUT2D eigenvalue weighted by atomic mass is 79.9. The van der Waals surface area contributed by atoms with Crippen molar-refractivity contribution in [2.24, 2.45) is 11.8 Å². The Balaban J connectivity index is 1.70. The molecule has 0 heterocycles. The van der Waals surface area contributed by atoms with E-state index in [9.17, 15) is 0 Å². The van der Waals surface area contributed by atoms with Gasteiger partial charge in [0.05, 0.1) is 0 Å². The Bertz CT molecular complexity index is 456. The van der Waals surface area contributed by atoms with E-state index < -0.39 is 0 Å². The molecular weight excluding hydrogens is 300 g/mol. The van der Waals surface area contributed by atoms with Gasteiger partial charge in [0, 0.05) is 36.3 Å². The molecule has 0 spiro atoms. The van der Waals surface area contributed by atoms with Crippen LogP contribution in [-0.4, -0.2) is 19.6 Å². The quantitative estimate of drug-likeness (QED) is 0.857. The summed E-state index contributed by atoms with van der Waals surface area (Å²) in [7, 11) is 2.23. The van der Waals surface area contributed by atoms with Crippen LogP contribution in [0.5, 0.6) is 0 Å². The van der Waals surface area contributed by atoms with Crippen molar-refractivity contribution in [2.75, 3.05) is 18.5 Å². The fourth-order valence-corrected chi connectivity index (χ4v) is 3.04. The lowest BCUT2D eigenvalue weighted by Crippen LogP contribution is -2.24. The van der Waals surface area contributed by atoms with Gasteiger partial charge in [-0.3, -0.25) is 0 Å². The van der Waals surface area contributed by atoms with Crippen LogP contribution in [-0.2, 0) is 6.54 Å². The van der Waals surface area contributed by atoms with Gasteiger partial charge in [-0.1, -0.05) is 28.9 Å². The van der Waals surface area contributed by atoms with Crippen molar-refractivity contribution in [1.82, 2.24) is 5.32 Å². The minimum atomic E-state index is 0.769. The van der Waals surface area contributed by atoms with Crippen molar-refractivity contribution in [3.05, 3.63) is 28.2 Å². The van der Waals surface area contributed by atoms with Gasteiger partial charge in [0.2, 0.25) is 0 Å². The Labute approximate surface area is 124 Å². The Kier molecular flexibility index (Phi) is 3.86. The maximum atomic E-state index is 3.62. The number of halogens is 1. The van der Waals surface area contributed by atoms with Gasteiger partial charge in [0.15, 0.2) is 0 Å². The maximum Gasteiger partial charge on any atom is 0.0420 e. The third-order valence-electron chi connectivity index (χ3n) is 4.40. The Hall–Kier alpha value is -0.540. The molecule has 2 aliphatic carbocycles. The molecule has 1 aromatic carbocycles. The van der Waals surface area contributed by atoms with E-state index in [0.29, 0.717) is 0 Å². The molecule has 0 aliphatic heterocycles. The summed E-state index contributed by atoms with van der Waals surface area (Å²) in [6.45, 7) is 4.54. The summed E-state index contributed by atoms with van der Waals surface area (Å²) in [5, 5.41) is 3.62. The van der Waals surface area contributed by atoms with Crippen molar-refractivity contribution < 1.29 is 0 Å². The molecular formula is C16H23BrN2. The predicted octanol–water partition coefficient (Wildman–Crippen LogP) is 3.79. The molecule has 2 atom stereocenters. The second-order valence-electron chi connectivity index (χ2n) is 6.28. The molecule has 0 aromatic heterocycles. The molecule has 3 rings (SSSR count). The van der Waals surface area contributed by atoms with Gasteiger partial charge in [0.1, 0.15) is 0 Å². The van der Waals surface area contributed by atoms with Gasteiger partial charge in [-0.2, -0.15) is 0 Å². The first kappa shape index (κ1) is 13.4. The monoisotopic (exact) mass is 322 g/mol. The van der Waals surface area contributed by atoms with E-state index in [0.717, 1.165) is 24.4 Å². The summed E-state index contributed by atoms with van der Waals surface area (Å²) in [5.41, 5.74) is 2.80. The lowest BCUT2D eigenvalue weighted by Gasteiger charge is -2.23. The Morgan fingerprint density at radius 3 is 2.74 bits per heavy atom. The van der Waals surface area contributed by atoms with Gasteiger partial charge in [-0.05, 0) is 48.8 Å². The fourth-order valence-electron chi connectivity index (χ4n) is 2.69. The van der Waals surface area contributed by atoms with Gasteiger partial charge in [0.25, 0.3) is 0 Å². The molecule has 2 nitrogen and oxygen atoms in total. The zero-order valence-electron chi connectivity index (χ0n) is 11.8. The van der Waals surface area contributed by atoms with Crippen molar-refractivity contribution in [3.8, 4) is 0 Å². The van der Waals surface area contributed by atoms with E-state index >= 15 is 0 Å². The standard InChI is InChI=1S/C16H23BrN2/c1-11-7-13(11)10-19(2)16-8-14(17)4-3-12(16)9-18-15-5-6-15/h3-4,8,11,13,15,18H,5-7,9-10H2,1-2H3. The van der Waals surface area contributed by atoms with Crippen molar-refractivity contribution in [3.63, 3.8) is 0 Å². The zero-order valence-corrected chi connectivity index (χ0v) is 13.4. The van der Waals surface area contributed by atoms with Crippen molar-refractivity contribution in [1.29, 1.82) is 0 Å². The van der Waals surface area contributed by atoms with Crippen LogP contribution in [0, 0.1) is 11.8 Å². The largest absolute Gasteiger partial charge is 0.374 e. The molecule has 3 heteroatoms. The van der Waals surface area contributed by atoms with E-state index in [1.165, 1.54) is 41.5 Å². The molecule has 0 amide bonds. The maximum absolute atomic E-state index is 3.62.